The first-order valence-corrected chi connectivity index (χ1v) is 22.3. The largest absolute Gasteiger partial charge is 0.481 e. The fourth-order valence-electron chi connectivity index (χ4n) is 6.89. The first kappa shape index (κ1) is 59.7. The van der Waals surface area contributed by atoms with Gasteiger partial charge in [0.15, 0.2) is 0 Å². The van der Waals surface area contributed by atoms with Gasteiger partial charge in [-0.2, -0.15) is 13.2 Å². The summed E-state index contributed by atoms with van der Waals surface area (Å²) < 4.78 is 41.6. The van der Waals surface area contributed by atoms with E-state index >= 15 is 0 Å². The van der Waals surface area contributed by atoms with E-state index in [1.54, 1.807) is 51.1 Å². The first-order chi connectivity index (χ1) is 32.9. The summed E-state index contributed by atoms with van der Waals surface area (Å²) in [4.78, 5) is 144. The Bertz CT molecular complexity index is 2270. The van der Waals surface area contributed by atoms with Crippen molar-refractivity contribution in [3.8, 4) is 0 Å². The number of anilines is 1. The van der Waals surface area contributed by atoms with Gasteiger partial charge < -0.3 is 52.1 Å². The summed E-state index contributed by atoms with van der Waals surface area (Å²) in [6.45, 7) is 9.49. The van der Waals surface area contributed by atoms with Gasteiger partial charge in [-0.05, 0) is 54.4 Å². The molecule has 0 fully saturated rings. The molecule has 0 aliphatic carbocycles. The maximum atomic E-state index is 14.4. The highest BCUT2D eigenvalue weighted by molar-refractivity contribution is 6.43. The third-order valence-electron chi connectivity index (χ3n) is 10.7. The number of ketones is 1. The minimum Gasteiger partial charge on any atom is -0.481 e. The molecule has 0 aliphatic rings. The average Bonchev–Trinajstić information content (AvgIpc) is 3.26. The Labute approximate surface area is 407 Å². The highest BCUT2D eigenvalue weighted by atomic mass is 19.4. The Morgan fingerprint density at radius 2 is 1.10 bits per heavy atom. The second kappa shape index (κ2) is 27.1. The summed E-state index contributed by atoms with van der Waals surface area (Å²) in [5.74, 6) is -14.5. The molecule has 2 rings (SSSR count). The summed E-state index contributed by atoms with van der Waals surface area (Å²) in [5, 5.41) is 41.6. The number of Topliss-reactive ketones (excluding diaryl/α,β-unsaturated/α-hetero) is 1. The van der Waals surface area contributed by atoms with Gasteiger partial charge >= 0.3 is 24.1 Å². The number of halogens is 3. The van der Waals surface area contributed by atoms with Crippen LogP contribution in [0.15, 0.2) is 54.6 Å². The molecule has 0 saturated carbocycles. The summed E-state index contributed by atoms with van der Waals surface area (Å²) >= 11 is 0. The van der Waals surface area contributed by atoms with E-state index in [9.17, 15) is 76.1 Å². The number of carboxylic acid groups (broad SMARTS) is 3. The number of carboxylic acids is 3. The number of likely N-dealkylation sites (N-methyl/N-ethyl adjacent to an activating group) is 1. The summed E-state index contributed by atoms with van der Waals surface area (Å²) in [6, 6.07) is 3.22. The minimum absolute atomic E-state index is 0.175. The Kier molecular flexibility index (Phi) is 22.8. The van der Waals surface area contributed by atoms with Gasteiger partial charge in [-0.3, -0.25) is 52.7 Å². The van der Waals surface area contributed by atoms with Gasteiger partial charge in [-0.15, -0.1) is 0 Å². The normalized spacial score (nSPS) is 14.0. The number of nitrogens with one attached hydrogen (secondary N) is 6. The molecule has 0 aliphatic heterocycles. The lowest BCUT2D eigenvalue weighted by Gasteiger charge is -2.34. The lowest BCUT2D eigenvalue weighted by molar-refractivity contribution is -0.153. The number of carbonyl (C=O) groups excluding carboxylic acids is 8. The van der Waals surface area contributed by atoms with Crippen molar-refractivity contribution < 1.29 is 81.2 Å². The molecule has 1 unspecified atom stereocenters. The molecule has 7 amide bonds. The second-order valence-corrected chi connectivity index (χ2v) is 18.2. The van der Waals surface area contributed by atoms with Crippen molar-refractivity contribution in [2.75, 3.05) is 11.9 Å². The van der Waals surface area contributed by atoms with Crippen molar-refractivity contribution in [1.82, 2.24) is 31.9 Å². The second-order valence-electron chi connectivity index (χ2n) is 18.2. The molecule has 2 aromatic carbocycles. The van der Waals surface area contributed by atoms with Crippen LogP contribution in [0, 0.1) is 18.3 Å². The predicted molar refractivity (Wildman–Crippen MR) is 247 cm³/mol. The molecule has 0 radical (unpaired) electrons. The highest BCUT2D eigenvalue weighted by Gasteiger charge is 2.42. The average molecular weight is 1010 g/mol. The number of aliphatic carboxylic acids is 3. The molecule has 6 atom stereocenters. The standard InChI is InChI=1S/C47H62F3N7O14/c1-25(2)21-30(41(67)55-33(24-47(48,49)50)38(65)45(71)57(7)28-15-9-8-10-16-28)54-44(70)39(46(4,5)6)56-43(69)31(22-27-14-12-11-13-26(27)3)53-40(66)29(17-19-35(59)60)52-42(68)32(23-37(63)64)51-34(58)18-20-36(61)62/h8-16,25,29-33,39H,17-24H2,1-7H3,(H,51,58)(H,52,68)(H,53,66)(H,54,70)(H,55,67)(H,56,69)(H,59,60)(H,61,62)(H,63,64)/t29-,30-,31-,32-,33?,39+/m0/s1. The van der Waals surface area contributed by atoms with Crippen LogP contribution < -0.4 is 36.8 Å². The van der Waals surface area contributed by atoms with Crippen molar-refractivity contribution in [2.45, 2.75) is 135 Å². The lowest BCUT2D eigenvalue weighted by Crippen LogP contribution is -2.62. The molecule has 2 aromatic rings. The van der Waals surface area contributed by atoms with E-state index in [1.165, 1.54) is 45.0 Å². The molecular weight excluding hydrogens is 944 g/mol. The SMILES string of the molecule is Cc1ccccc1C[C@H](NC(=O)[C@H](CCC(=O)O)NC(=O)[C@H](CC(=O)O)NC(=O)CCC(=O)O)C(=O)N[C@H](C(=O)N[C@@H](CC(C)C)C(=O)NC(CC(F)(F)F)C(=O)C(=O)N(C)c1ccccc1)C(C)(C)C. The molecule has 24 heteroatoms. The van der Waals surface area contributed by atoms with Gasteiger partial charge in [-0.1, -0.05) is 77.1 Å². The van der Waals surface area contributed by atoms with Crippen LogP contribution in [0.25, 0.3) is 0 Å². The summed E-state index contributed by atoms with van der Waals surface area (Å²) in [7, 11) is 1.16. The van der Waals surface area contributed by atoms with E-state index in [2.05, 4.69) is 26.6 Å². The fraction of sp³-hybridized carbons (Fsp3) is 0.511. The van der Waals surface area contributed by atoms with Gasteiger partial charge in [0.1, 0.15) is 36.3 Å². The van der Waals surface area contributed by atoms with E-state index in [-0.39, 0.29) is 18.5 Å². The van der Waals surface area contributed by atoms with E-state index in [1.807, 2.05) is 5.32 Å². The zero-order valence-electron chi connectivity index (χ0n) is 40.3. The molecule has 9 N–H and O–H groups in total. The smallest absolute Gasteiger partial charge is 0.391 e. The van der Waals surface area contributed by atoms with Crippen LogP contribution in [0.3, 0.4) is 0 Å². The number of alkyl halides is 3. The minimum atomic E-state index is -5.05. The van der Waals surface area contributed by atoms with E-state index in [0.717, 1.165) is 11.9 Å². The van der Waals surface area contributed by atoms with E-state index in [4.69, 9.17) is 5.11 Å². The van der Waals surface area contributed by atoms with Crippen LogP contribution in [-0.2, 0) is 59.2 Å². The third-order valence-corrected chi connectivity index (χ3v) is 10.7. The molecule has 0 bridgehead atoms. The van der Waals surface area contributed by atoms with Crippen LogP contribution in [0.1, 0.15) is 90.7 Å². The van der Waals surface area contributed by atoms with E-state index in [0.29, 0.717) is 11.1 Å². The molecular formula is C47H62F3N7O14. The number of aryl methyl sites for hydroxylation is 1. The maximum Gasteiger partial charge on any atom is 0.391 e. The first-order valence-electron chi connectivity index (χ1n) is 22.3. The number of benzene rings is 2. The summed E-state index contributed by atoms with van der Waals surface area (Å²) in [5.41, 5.74) is 0.0834. The summed E-state index contributed by atoms with van der Waals surface area (Å²) in [6.07, 6.45) is -11.2. The van der Waals surface area contributed by atoms with E-state index < -0.39 is 157 Å². The monoisotopic (exact) mass is 1010 g/mol. The highest BCUT2D eigenvalue weighted by Crippen LogP contribution is 2.24. The zero-order valence-corrected chi connectivity index (χ0v) is 40.3. The Balaban J connectivity index is 2.52. The van der Waals surface area contributed by atoms with Crippen molar-refractivity contribution in [3.63, 3.8) is 0 Å². The molecule has 71 heavy (non-hydrogen) atoms. The maximum absolute atomic E-state index is 14.4. The number of rotatable bonds is 27. The molecule has 390 valence electrons. The van der Waals surface area contributed by atoms with Crippen molar-refractivity contribution >= 4 is 70.7 Å². The molecule has 0 spiro atoms. The Morgan fingerprint density at radius 1 is 0.592 bits per heavy atom. The quantitative estimate of drug-likeness (QED) is 0.0578. The van der Waals surface area contributed by atoms with Gasteiger partial charge in [0.05, 0.1) is 19.3 Å². The molecule has 21 nitrogen and oxygen atoms in total. The lowest BCUT2D eigenvalue weighted by atomic mass is 9.85. The van der Waals surface area contributed by atoms with Crippen LogP contribution in [0.4, 0.5) is 18.9 Å². The number of nitrogens with zero attached hydrogens (tertiary/aromatic N) is 1. The van der Waals surface area contributed by atoms with Crippen LogP contribution in [-0.4, -0.2) is 130 Å². The number of amides is 7. The molecule has 0 heterocycles. The zero-order chi connectivity index (χ0) is 54.0. The Hall–Kier alpha value is -7.40. The fourth-order valence-corrected chi connectivity index (χ4v) is 6.89. The Morgan fingerprint density at radius 3 is 1.63 bits per heavy atom. The molecule has 0 saturated heterocycles. The van der Waals surface area contributed by atoms with Gasteiger partial charge in [0, 0.05) is 32.0 Å². The van der Waals surface area contributed by atoms with Crippen molar-refractivity contribution in [2.24, 2.45) is 11.3 Å². The van der Waals surface area contributed by atoms with Gasteiger partial charge in [-0.25, -0.2) is 0 Å². The van der Waals surface area contributed by atoms with Gasteiger partial charge in [0.25, 0.3) is 5.91 Å². The number of carbonyl (C=O) groups is 11. The van der Waals surface area contributed by atoms with Crippen LogP contribution >= 0.6 is 0 Å². The van der Waals surface area contributed by atoms with Crippen LogP contribution in [0.5, 0.6) is 0 Å². The predicted octanol–water partition coefficient (Wildman–Crippen LogP) is 1.93. The van der Waals surface area contributed by atoms with Gasteiger partial charge in [0.2, 0.25) is 41.2 Å². The van der Waals surface area contributed by atoms with Crippen molar-refractivity contribution in [1.29, 1.82) is 0 Å². The van der Waals surface area contributed by atoms with Crippen LogP contribution in [0.2, 0.25) is 0 Å². The number of hydrogen-bond donors (Lipinski definition) is 9. The number of para-hydroxylation sites is 1. The van der Waals surface area contributed by atoms with Crippen molar-refractivity contribution in [3.05, 3.63) is 65.7 Å². The molecule has 0 aromatic heterocycles. The topological polar surface area (TPSA) is 324 Å². The third kappa shape index (κ3) is 21.0. The number of hydrogen-bond acceptors (Lipinski definition) is 11.